The highest BCUT2D eigenvalue weighted by atomic mass is 79.9. The molecule has 0 aliphatic rings. The second kappa shape index (κ2) is 6.14. The molecule has 0 aromatic heterocycles. The lowest BCUT2D eigenvalue weighted by Gasteiger charge is -2.36. The Morgan fingerprint density at radius 1 is 1.50 bits per heavy atom. The van der Waals surface area contributed by atoms with Crippen molar-refractivity contribution in [2.24, 2.45) is 0 Å². The molecule has 0 radical (unpaired) electrons. The Balaban J connectivity index is 4.36. The number of nitrogens with one attached hydrogen (secondary N) is 1. The van der Waals surface area contributed by atoms with Gasteiger partial charge in [-0.2, -0.15) is 0 Å². The molecule has 2 N–H and O–H groups in total. The van der Waals surface area contributed by atoms with E-state index >= 15 is 0 Å². The SMILES string of the molecule is CC(C)(C)[Si](C)(C)ON[C@@H](CCBr)C(=O)O. The van der Waals surface area contributed by atoms with Crippen molar-refractivity contribution < 1.29 is 14.4 Å². The molecule has 6 heteroatoms. The average molecular weight is 312 g/mol. The van der Waals surface area contributed by atoms with E-state index in [0.29, 0.717) is 11.8 Å². The van der Waals surface area contributed by atoms with Crippen molar-refractivity contribution in [2.75, 3.05) is 5.33 Å². The Morgan fingerprint density at radius 3 is 2.31 bits per heavy atom. The minimum absolute atomic E-state index is 0.0669. The number of carboxylic acids is 1. The summed E-state index contributed by atoms with van der Waals surface area (Å²) >= 11 is 3.23. The number of halogens is 1. The molecule has 0 fully saturated rings. The number of aliphatic carboxylic acids is 1. The van der Waals surface area contributed by atoms with Gasteiger partial charge in [-0.05, 0) is 24.6 Å². The molecule has 16 heavy (non-hydrogen) atoms. The van der Waals surface area contributed by atoms with Crippen LogP contribution in [0.25, 0.3) is 0 Å². The van der Waals surface area contributed by atoms with E-state index < -0.39 is 20.3 Å². The third-order valence-corrected chi connectivity index (χ3v) is 7.66. The van der Waals surface area contributed by atoms with E-state index in [4.69, 9.17) is 9.63 Å². The Bertz CT molecular complexity index is 241. The van der Waals surface area contributed by atoms with Gasteiger partial charge in [0.15, 0.2) is 0 Å². The van der Waals surface area contributed by atoms with E-state index in [9.17, 15) is 4.79 Å². The van der Waals surface area contributed by atoms with Crippen LogP contribution in [0, 0.1) is 0 Å². The molecular formula is C10H22BrNO3Si. The van der Waals surface area contributed by atoms with Crippen LogP contribution in [0.1, 0.15) is 27.2 Å². The Labute approximate surface area is 107 Å². The summed E-state index contributed by atoms with van der Waals surface area (Å²) in [6.45, 7) is 10.5. The van der Waals surface area contributed by atoms with Crippen LogP contribution < -0.4 is 5.48 Å². The molecule has 0 spiro atoms. The second-order valence-electron chi connectivity index (χ2n) is 5.35. The molecule has 0 aromatic rings. The monoisotopic (exact) mass is 311 g/mol. The van der Waals surface area contributed by atoms with E-state index in [1.807, 2.05) is 0 Å². The lowest BCUT2D eigenvalue weighted by molar-refractivity contribution is -0.142. The van der Waals surface area contributed by atoms with Gasteiger partial charge in [0.1, 0.15) is 6.04 Å². The Morgan fingerprint density at radius 2 is 2.00 bits per heavy atom. The molecule has 0 saturated carbocycles. The predicted octanol–water partition coefficient (Wildman–Crippen LogP) is 2.75. The van der Waals surface area contributed by atoms with Gasteiger partial charge in [0.25, 0.3) is 0 Å². The van der Waals surface area contributed by atoms with Gasteiger partial charge >= 0.3 is 5.97 Å². The highest BCUT2D eigenvalue weighted by molar-refractivity contribution is 9.09. The molecule has 96 valence electrons. The summed E-state index contributed by atoms with van der Waals surface area (Å²) in [5.74, 6) is -0.877. The fourth-order valence-electron chi connectivity index (χ4n) is 0.713. The van der Waals surface area contributed by atoms with Crippen LogP contribution in [-0.4, -0.2) is 30.8 Å². The molecule has 1 atom stereocenters. The highest BCUT2D eigenvalue weighted by Crippen LogP contribution is 2.35. The summed E-state index contributed by atoms with van der Waals surface area (Å²) in [7, 11) is -1.93. The minimum Gasteiger partial charge on any atom is -0.480 e. The molecular weight excluding hydrogens is 290 g/mol. The summed E-state index contributed by atoms with van der Waals surface area (Å²) in [5.41, 5.74) is 2.70. The summed E-state index contributed by atoms with van der Waals surface area (Å²) in [6, 6.07) is -0.645. The smallest absolute Gasteiger partial charge is 0.323 e. The predicted molar refractivity (Wildman–Crippen MR) is 71.3 cm³/mol. The summed E-state index contributed by atoms with van der Waals surface area (Å²) in [4.78, 5) is 10.9. The van der Waals surface area contributed by atoms with Gasteiger partial charge < -0.3 is 9.63 Å². The van der Waals surface area contributed by atoms with Crippen molar-refractivity contribution in [3.8, 4) is 0 Å². The third kappa shape index (κ3) is 4.95. The van der Waals surface area contributed by atoms with Crippen molar-refractivity contribution in [1.29, 1.82) is 0 Å². The molecule has 0 aliphatic carbocycles. The van der Waals surface area contributed by atoms with Gasteiger partial charge in [-0.1, -0.05) is 36.7 Å². The molecule has 0 heterocycles. The fourth-order valence-corrected chi connectivity index (χ4v) is 1.91. The lowest BCUT2D eigenvalue weighted by atomic mass is 10.2. The van der Waals surface area contributed by atoms with Crippen LogP contribution in [-0.2, 0) is 9.32 Å². The molecule has 0 saturated heterocycles. The first kappa shape index (κ1) is 16.1. The van der Waals surface area contributed by atoms with Crippen molar-refractivity contribution in [3.63, 3.8) is 0 Å². The third-order valence-electron chi connectivity index (χ3n) is 2.96. The zero-order chi connectivity index (χ0) is 13.0. The molecule has 4 nitrogen and oxygen atoms in total. The first-order chi connectivity index (χ1) is 7.12. The average Bonchev–Trinajstić information content (AvgIpc) is 2.09. The molecule has 0 aliphatic heterocycles. The maximum Gasteiger partial charge on any atom is 0.323 e. The number of carboxylic acid groups (broad SMARTS) is 1. The van der Waals surface area contributed by atoms with E-state index in [2.05, 4.69) is 55.3 Å². The molecule has 0 unspecified atom stereocenters. The summed E-state index contributed by atoms with van der Waals surface area (Å²) in [6.07, 6.45) is 0.504. The van der Waals surface area contributed by atoms with Crippen molar-refractivity contribution in [2.45, 2.75) is 51.4 Å². The van der Waals surface area contributed by atoms with E-state index in [0.717, 1.165) is 0 Å². The lowest BCUT2D eigenvalue weighted by Crippen LogP contribution is -2.49. The summed E-state index contributed by atoms with van der Waals surface area (Å²) < 4.78 is 5.66. The zero-order valence-electron chi connectivity index (χ0n) is 10.6. The number of hydrogen-bond acceptors (Lipinski definition) is 3. The van der Waals surface area contributed by atoms with Crippen molar-refractivity contribution in [1.82, 2.24) is 5.48 Å². The van der Waals surface area contributed by atoms with Gasteiger partial charge in [0, 0.05) is 5.33 Å². The first-order valence-electron chi connectivity index (χ1n) is 5.34. The summed E-state index contributed by atoms with van der Waals surface area (Å²) in [5, 5.41) is 9.66. The second-order valence-corrected chi connectivity index (χ2v) is 10.9. The number of carbonyl (C=O) groups is 1. The van der Waals surface area contributed by atoms with Gasteiger partial charge in [-0.15, -0.1) is 0 Å². The van der Waals surface area contributed by atoms with E-state index in [1.54, 1.807) is 0 Å². The quantitative estimate of drug-likeness (QED) is 0.450. The zero-order valence-corrected chi connectivity index (χ0v) is 13.2. The van der Waals surface area contributed by atoms with Crippen LogP contribution in [0.4, 0.5) is 0 Å². The number of hydrogen-bond donors (Lipinski definition) is 2. The number of alkyl halides is 1. The standard InChI is InChI=1S/C10H22BrNO3Si/c1-10(2,3)16(4,5)15-12-8(6-7-11)9(13)14/h8,12H,6-7H2,1-5H3,(H,13,14)/t8-/m0/s1. The number of hydroxylamine groups is 1. The highest BCUT2D eigenvalue weighted by Gasteiger charge is 2.38. The Hall–Kier alpha value is 0.0869. The molecule has 0 amide bonds. The molecule has 0 bridgehead atoms. The number of rotatable bonds is 6. The van der Waals surface area contributed by atoms with Crippen molar-refractivity contribution >= 4 is 30.2 Å². The van der Waals surface area contributed by atoms with Crippen LogP contribution in [0.3, 0.4) is 0 Å². The van der Waals surface area contributed by atoms with Crippen molar-refractivity contribution in [3.05, 3.63) is 0 Å². The minimum atomic E-state index is -1.93. The Kier molecular flexibility index (Phi) is 6.17. The van der Waals surface area contributed by atoms with E-state index in [1.165, 1.54) is 0 Å². The maximum absolute atomic E-state index is 10.9. The fraction of sp³-hybridized carbons (Fsp3) is 0.900. The van der Waals surface area contributed by atoms with Crippen LogP contribution in [0.15, 0.2) is 0 Å². The van der Waals surface area contributed by atoms with Gasteiger partial charge in [0.2, 0.25) is 8.32 Å². The van der Waals surface area contributed by atoms with Gasteiger partial charge in [-0.25, -0.2) is 5.48 Å². The van der Waals surface area contributed by atoms with Gasteiger partial charge in [0.05, 0.1) is 0 Å². The molecule has 0 aromatic carbocycles. The van der Waals surface area contributed by atoms with Gasteiger partial charge in [-0.3, -0.25) is 4.79 Å². The van der Waals surface area contributed by atoms with E-state index in [-0.39, 0.29) is 5.04 Å². The van der Waals surface area contributed by atoms with Crippen LogP contribution >= 0.6 is 15.9 Å². The van der Waals surface area contributed by atoms with Crippen LogP contribution in [0.5, 0.6) is 0 Å². The topological polar surface area (TPSA) is 58.6 Å². The first-order valence-corrected chi connectivity index (χ1v) is 9.37. The molecule has 0 rings (SSSR count). The normalized spacial score (nSPS) is 14.9. The van der Waals surface area contributed by atoms with Crippen LogP contribution in [0.2, 0.25) is 18.1 Å². The maximum atomic E-state index is 10.9. The largest absolute Gasteiger partial charge is 0.480 e.